The van der Waals surface area contributed by atoms with E-state index in [0.29, 0.717) is 104 Å². The van der Waals surface area contributed by atoms with Crippen molar-refractivity contribution in [2.45, 2.75) is 96.9 Å². The number of aliphatic hydroxyl groups excluding tert-OH is 3. The van der Waals surface area contributed by atoms with Crippen LogP contribution in [0.3, 0.4) is 0 Å². The molecule has 3 amide bonds. The Balaban J connectivity index is 0.988. The minimum atomic E-state index is -0.454. The van der Waals surface area contributed by atoms with Crippen molar-refractivity contribution in [3.8, 4) is 0 Å². The summed E-state index contributed by atoms with van der Waals surface area (Å²) in [6, 6.07) is 0. The van der Waals surface area contributed by atoms with Gasteiger partial charge in [-0.1, -0.05) is 36.7 Å². The van der Waals surface area contributed by atoms with Gasteiger partial charge in [-0.15, -0.1) is 0 Å². The minimum Gasteiger partial charge on any atom is -0.393 e. The smallest absolute Gasteiger partial charge is 0.239 e. The van der Waals surface area contributed by atoms with Gasteiger partial charge in [0.15, 0.2) is 0 Å². The van der Waals surface area contributed by atoms with E-state index in [2.05, 4.69) is 52.7 Å². The van der Waals surface area contributed by atoms with Crippen molar-refractivity contribution in [1.29, 1.82) is 0 Å². The third-order valence-electron chi connectivity index (χ3n) is 13.5. The van der Waals surface area contributed by atoms with Crippen molar-refractivity contribution in [3.05, 3.63) is 0 Å². The molecule has 4 aliphatic rings. The van der Waals surface area contributed by atoms with Crippen LogP contribution in [0.25, 0.3) is 0 Å². The number of amides is 3. The first-order valence-corrected chi connectivity index (χ1v) is 21.8. The van der Waals surface area contributed by atoms with Gasteiger partial charge < -0.3 is 55.0 Å². The number of halogens is 1. The van der Waals surface area contributed by atoms with Gasteiger partial charge in [-0.05, 0) is 97.7 Å². The summed E-state index contributed by atoms with van der Waals surface area (Å²) >= 11 is 3.08. The first kappa shape index (κ1) is 46.3. The highest BCUT2D eigenvalue weighted by molar-refractivity contribution is 9.09. The predicted octanol–water partition coefficient (Wildman–Crippen LogP) is 2.19. The average molecular weight is 849 g/mol. The molecule has 0 aromatic carbocycles. The maximum Gasteiger partial charge on any atom is 0.239 e. The fourth-order valence-corrected chi connectivity index (χ4v) is 10.8. The Morgan fingerprint density at radius 1 is 0.709 bits per heavy atom. The molecule has 4 aliphatic carbocycles. The maximum absolute atomic E-state index is 12.7. The number of carbonyl (C=O) groups is 3. The lowest BCUT2D eigenvalue weighted by Gasteiger charge is -2.63. The molecule has 15 heteroatoms. The lowest BCUT2D eigenvalue weighted by Crippen LogP contribution is -2.62. The summed E-state index contributed by atoms with van der Waals surface area (Å²) in [6.07, 6.45) is 5.78. The number of nitrogens with one attached hydrogen (secondary N) is 3. The molecule has 4 fully saturated rings. The van der Waals surface area contributed by atoms with Crippen LogP contribution in [0.15, 0.2) is 0 Å². The van der Waals surface area contributed by atoms with Crippen LogP contribution in [0.2, 0.25) is 0 Å². The lowest BCUT2D eigenvalue weighted by molar-refractivity contribution is -0.207. The van der Waals surface area contributed by atoms with Gasteiger partial charge in [0.1, 0.15) is 0 Å². The van der Waals surface area contributed by atoms with E-state index < -0.39 is 12.2 Å². The van der Waals surface area contributed by atoms with E-state index in [1.807, 2.05) is 0 Å². The van der Waals surface area contributed by atoms with Crippen molar-refractivity contribution in [1.82, 2.24) is 16.0 Å². The Kier molecular flexibility index (Phi) is 19.5. The summed E-state index contributed by atoms with van der Waals surface area (Å²) < 4.78 is 27.2. The number of aliphatic hydroxyl groups is 3. The van der Waals surface area contributed by atoms with Crippen LogP contribution in [0, 0.1) is 46.3 Å². The molecule has 0 radical (unpaired) electrons. The van der Waals surface area contributed by atoms with Gasteiger partial charge in [0, 0.05) is 19.5 Å². The summed E-state index contributed by atoms with van der Waals surface area (Å²) in [4.78, 5) is 36.1. The van der Waals surface area contributed by atoms with Gasteiger partial charge >= 0.3 is 0 Å². The highest BCUT2D eigenvalue weighted by atomic mass is 79.9. The molecule has 0 spiro atoms. The molecular weight excluding hydrogens is 778 g/mol. The monoisotopic (exact) mass is 847 g/mol. The summed E-state index contributed by atoms with van der Waals surface area (Å²) in [6.45, 7) is 11.7. The number of hydrogen-bond donors (Lipinski definition) is 6. The van der Waals surface area contributed by atoms with Crippen LogP contribution in [0.5, 0.6) is 0 Å². The Hall–Kier alpha value is -1.43. The molecule has 14 nitrogen and oxygen atoms in total. The van der Waals surface area contributed by atoms with Gasteiger partial charge in [-0.3, -0.25) is 14.4 Å². The molecule has 0 aromatic heterocycles. The SMILES string of the molecule is C[C@H](CCC(=O)NCC(=O)NCCOCCOCCOCCOCCOCCNC(=O)CBr)[C@H]1CC[C@H]2[C@@H]3[C@H](O)C[C@@H]4C[C@H](O)CC[C@]4(C)[C@H]3C[C@H](O)[C@]12C. The third-order valence-corrected chi connectivity index (χ3v) is 14.0. The molecule has 0 saturated heterocycles. The molecule has 4 saturated carbocycles. The molecule has 6 N–H and O–H groups in total. The van der Waals surface area contributed by atoms with E-state index in [1.165, 1.54) is 0 Å². The second-order valence-electron chi connectivity index (χ2n) is 16.7. The van der Waals surface area contributed by atoms with Gasteiger partial charge in [0.2, 0.25) is 17.7 Å². The van der Waals surface area contributed by atoms with Crippen molar-refractivity contribution in [3.63, 3.8) is 0 Å². The molecular formula is C40H70BrN3O11. The third kappa shape index (κ3) is 13.0. The number of carbonyl (C=O) groups excluding carboxylic acids is 3. The number of rotatable bonds is 25. The van der Waals surface area contributed by atoms with Crippen LogP contribution >= 0.6 is 15.9 Å². The zero-order chi connectivity index (χ0) is 39.8. The zero-order valence-electron chi connectivity index (χ0n) is 33.4. The Morgan fingerprint density at radius 3 is 1.85 bits per heavy atom. The topological polar surface area (TPSA) is 194 Å². The summed E-state index contributed by atoms with van der Waals surface area (Å²) in [5.41, 5.74) is -0.257. The molecule has 0 bridgehead atoms. The Morgan fingerprint density at radius 2 is 1.27 bits per heavy atom. The van der Waals surface area contributed by atoms with Crippen molar-refractivity contribution in [2.75, 3.05) is 91.0 Å². The molecule has 0 heterocycles. The van der Waals surface area contributed by atoms with E-state index in [0.717, 1.165) is 38.5 Å². The normalized spacial score (nSPS) is 33.2. The fraction of sp³-hybridized carbons (Fsp3) is 0.925. The predicted molar refractivity (Wildman–Crippen MR) is 209 cm³/mol. The van der Waals surface area contributed by atoms with Gasteiger partial charge in [-0.2, -0.15) is 0 Å². The highest BCUT2D eigenvalue weighted by Gasteiger charge is 2.65. The van der Waals surface area contributed by atoms with Crippen molar-refractivity contribution >= 4 is 33.7 Å². The second kappa shape index (κ2) is 23.2. The molecule has 55 heavy (non-hydrogen) atoms. The summed E-state index contributed by atoms with van der Waals surface area (Å²) in [5, 5.41) is 42.2. The van der Waals surface area contributed by atoms with E-state index in [-0.39, 0.29) is 76.1 Å². The largest absolute Gasteiger partial charge is 0.393 e. The van der Waals surface area contributed by atoms with Crippen molar-refractivity contribution in [2.24, 2.45) is 46.3 Å². The van der Waals surface area contributed by atoms with E-state index in [1.54, 1.807) is 0 Å². The van der Waals surface area contributed by atoms with Crippen LogP contribution in [-0.4, -0.2) is 142 Å². The number of fused-ring (bicyclic) bond motifs is 5. The molecule has 0 unspecified atom stereocenters. The first-order chi connectivity index (χ1) is 26.4. The zero-order valence-corrected chi connectivity index (χ0v) is 35.0. The molecule has 318 valence electrons. The quantitative estimate of drug-likeness (QED) is 0.0583. The summed E-state index contributed by atoms with van der Waals surface area (Å²) in [7, 11) is 0. The molecule has 0 aromatic rings. The summed E-state index contributed by atoms with van der Waals surface area (Å²) in [5.74, 6) is 0.950. The fourth-order valence-electron chi connectivity index (χ4n) is 10.6. The standard InChI is InChI=1S/C40H70BrN3O11/c1-27(30-5-6-31-38-32(24-34(47)40(30,31)3)39(2)9-8-29(45)22-28(39)23-33(38)46)4-7-35(48)44-26-37(50)43-11-13-52-15-17-54-19-21-55-20-18-53-16-14-51-12-10-42-36(49)25-41/h27-34,38,45-47H,4-26H2,1-3H3,(H,42,49)(H,43,50)(H,44,48)/t27-,28+,29-,30-,31+,32+,33-,34+,38+,39+,40-/m1/s1. The Bertz CT molecular complexity index is 1190. The highest BCUT2D eigenvalue weighted by Crippen LogP contribution is 2.68. The second-order valence-corrected chi connectivity index (χ2v) is 17.3. The van der Waals surface area contributed by atoms with E-state index in [9.17, 15) is 29.7 Å². The maximum atomic E-state index is 12.7. The van der Waals surface area contributed by atoms with Gasteiger partial charge in [-0.25, -0.2) is 0 Å². The average Bonchev–Trinajstić information content (AvgIpc) is 3.53. The number of alkyl halides is 1. The first-order valence-electron chi connectivity index (χ1n) is 20.7. The van der Waals surface area contributed by atoms with Gasteiger partial charge in [0.05, 0.1) is 96.3 Å². The lowest BCUT2D eigenvalue weighted by atomic mass is 9.43. The van der Waals surface area contributed by atoms with Crippen LogP contribution in [0.4, 0.5) is 0 Å². The van der Waals surface area contributed by atoms with E-state index in [4.69, 9.17) is 23.7 Å². The number of hydrogen-bond acceptors (Lipinski definition) is 11. The molecule has 11 atom stereocenters. The van der Waals surface area contributed by atoms with Gasteiger partial charge in [0.25, 0.3) is 0 Å². The molecule has 4 rings (SSSR count). The number of ether oxygens (including phenoxy) is 5. The van der Waals surface area contributed by atoms with E-state index >= 15 is 0 Å². The Labute approximate surface area is 336 Å². The van der Waals surface area contributed by atoms with Crippen LogP contribution in [-0.2, 0) is 38.1 Å². The molecule has 0 aliphatic heterocycles. The minimum absolute atomic E-state index is 0.0463. The van der Waals surface area contributed by atoms with Crippen LogP contribution < -0.4 is 16.0 Å². The van der Waals surface area contributed by atoms with Crippen molar-refractivity contribution < 1.29 is 53.4 Å². The van der Waals surface area contributed by atoms with Crippen LogP contribution in [0.1, 0.15) is 78.6 Å².